The Kier molecular flexibility index (Phi) is 6.02. The summed E-state index contributed by atoms with van der Waals surface area (Å²) in [4.78, 5) is 30.0. The summed E-state index contributed by atoms with van der Waals surface area (Å²) in [5.41, 5.74) is 0.628. The molecule has 0 spiro atoms. The fourth-order valence-corrected chi connectivity index (χ4v) is 3.38. The van der Waals surface area contributed by atoms with Gasteiger partial charge in [-0.25, -0.2) is 9.67 Å². The molecule has 32 heavy (non-hydrogen) atoms. The molecule has 0 atom stereocenters. The average Bonchev–Trinajstić information content (AvgIpc) is 3.19. The molecule has 0 unspecified atom stereocenters. The number of rotatable bonds is 7. The highest BCUT2D eigenvalue weighted by Crippen LogP contribution is 2.19. The number of imidazole rings is 1. The lowest BCUT2D eigenvalue weighted by atomic mass is 10.1. The molecular formula is C24H25N5O3. The molecule has 0 radical (unpaired) electrons. The van der Waals surface area contributed by atoms with Crippen LogP contribution >= 0.6 is 0 Å². The van der Waals surface area contributed by atoms with Gasteiger partial charge in [0.05, 0.1) is 5.39 Å². The number of carbonyl (C=O) groups excluding carboxylic acids is 1. The van der Waals surface area contributed by atoms with E-state index in [9.17, 15) is 9.59 Å². The van der Waals surface area contributed by atoms with E-state index in [1.807, 2.05) is 31.7 Å². The maximum Gasteiger partial charge on any atom is 0.276 e. The van der Waals surface area contributed by atoms with Gasteiger partial charge in [-0.2, -0.15) is 5.10 Å². The quantitative estimate of drug-likeness (QED) is 0.483. The van der Waals surface area contributed by atoms with Gasteiger partial charge in [0.25, 0.3) is 11.5 Å². The van der Waals surface area contributed by atoms with E-state index in [1.165, 1.54) is 4.68 Å². The molecule has 0 aliphatic heterocycles. The highest BCUT2D eigenvalue weighted by molar-refractivity contribution is 6.11. The zero-order chi connectivity index (χ0) is 22.7. The van der Waals surface area contributed by atoms with Gasteiger partial charge in [-0.3, -0.25) is 9.59 Å². The first-order valence-corrected chi connectivity index (χ1v) is 10.4. The molecule has 8 heteroatoms. The van der Waals surface area contributed by atoms with Crippen molar-refractivity contribution in [2.24, 2.45) is 13.0 Å². The third-order valence-electron chi connectivity index (χ3n) is 5.02. The van der Waals surface area contributed by atoms with E-state index in [1.54, 1.807) is 54.7 Å². The van der Waals surface area contributed by atoms with E-state index >= 15 is 0 Å². The molecular weight excluding hydrogens is 406 g/mol. The fraction of sp³-hybridized carbons (Fsp3) is 0.250. The summed E-state index contributed by atoms with van der Waals surface area (Å²) >= 11 is 0. The molecule has 1 amide bonds. The highest BCUT2D eigenvalue weighted by atomic mass is 16.5. The topological polar surface area (TPSA) is 91.0 Å². The lowest BCUT2D eigenvalue weighted by molar-refractivity contribution is 0.102. The highest BCUT2D eigenvalue weighted by Gasteiger charge is 2.17. The van der Waals surface area contributed by atoms with Crippen molar-refractivity contribution in [2.75, 3.05) is 5.32 Å². The summed E-state index contributed by atoms with van der Waals surface area (Å²) in [5.74, 6) is 1.33. The van der Waals surface area contributed by atoms with Gasteiger partial charge >= 0.3 is 0 Å². The Balaban J connectivity index is 1.54. The van der Waals surface area contributed by atoms with Gasteiger partial charge in [-0.05, 0) is 36.2 Å². The molecule has 0 aliphatic carbocycles. The summed E-state index contributed by atoms with van der Waals surface area (Å²) in [6.45, 7) is 4.79. The first-order valence-electron chi connectivity index (χ1n) is 10.4. The minimum Gasteiger partial charge on any atom is -0.486 e. The minimum absolute atomic E-state index is 0.194. The maximum atomic E-state index is 13.0. The summed E-state index contributed by atoms with van der Waals surface area (Å²) in [6.07, 6.45) is 3.58. The van der Waals surface area contributed by atoms with Crippen LogP contribution in [0.2, 0.25) is 0 Å². The zero-order valence-corrected chi connectivity index (χ0v) is 18.3. The van der Waals surface area contributed by atoms with Crippen LogP contribution in [0.1, 0.15) is 30.2 Å². The molecule has 0 aliphatic rings. The van der Waals surface area contributed by atoms with Crippen molar-refractivity contribution in [3.8, 4) is 5.75 Å². The molecule has 1 N–H and O–H groups in total. The number of hydrogen-bond acceptors (Lipinski definition) is 5. The van der Waals surface area contributed by atoms with Crippen LogP contribution in [0.25, 0.3) is 10.8 Å². The average molecular weight is 431 g/mol. The van der Waals surface area contributed by atoms with E-state index in [2.05, 4.69) is 15.4 Å². The summed E-state index contributed by atoms with van der Waals surface area (Å²) < 4.78 is 9.02. The van der Waals surface area contributed by atoms with E-state index in [4.69, 9.17) is 4.74 Å². The second kappa shape index (κ2) is 9.05. The Labute approximate surface area is 185 Å². The summed E-state index contributed by atoms with van der Waals surface area (Å²) in [5, 5.41) is 8.26. The molecule has 0 fully saturated rings. The van der Waals surface area contributed by atoms with Crippen molar-refractivity contribution < 1.29 is 9.53 Å². The van der Waals surface area contributed by atoms with Crippen LogP contribution < -0.4 is 15.6 Å². The number of benzene rings is 2. The van der Waals surface area contributed by atoms with Crippen LogP contribution in [-0.4, -0.2) is 25.2 Å². The predicted molar refractivity (Wildman–Crippen MR) is 123 cm³/mol. The molecule has 0 saturated carbocycles. The Hall–Kier alpha value is -3.94. The van der Waals surface area contributed by atoms with Crippen LogP contribution in [0.4, 0.5) is 5.69 Å². The largest absolute Gasteiger partial charge is 0.486 e. The molecule has 4 rings (SSSR count). The second-order valence-corrected chi connectivity index (χ2v) is 8.00. The Morgan fingerprint density at radius 3 is 2.47 bits per heavy atom. The molecule has 2 aromatic heterocycles. The molecule has 0 saturated heterocycles. The number of amides is 1. The van der Waals surface area contributed by atoms with Gasteiger partial charge in [-0.1, -0.05) is 32.0 Å². The van der Waals surface area contributed by atoms with Crippen LogP contribution in [0, 0.1) is 5.92 Å². The predicted octanol–water partition coefficient (Wildman–Crippen LogP) is 3.62. The number of ether oxygens (including phenoxy) is 1. The summed E-state index contributed by atoms with van der Waals surface area (Å²) in [6, 6.07) is 14.1. The lowest BCUT2D eigenvalue weighted by Crippen LogP contribution is -2.29. The number of aromatic nitrogens is 4. The molecule has 4 aromatic rings. The third kappa shape index (κ3) is 4.54. The van der Waals surface area contributed by atoms with Gasteiger partial charge in [0.15, 0.2) is 5.69 Å². The minimum atomic E-state index is -0.375. The third-order valence-corrected chi connectivity index (χ3v) is 5.02. The number of carbonyl (C=O) groups is 1. The van der Waals surface area contributed by atoms with Crippen molar-refractivity contribution >= 4 is 22.4 Å². The number of anilines is 1. The molecule has 8 nitrogen and oxygen atoms in total. The van der Waals surface area contributed by atoms with Gasteiger partial charge < -0.3 is 14.6 Å². The van der Waals surface area contributed by atoms with Gasteiger partial charge in [0.2, 0.25) is 0 Å². The smallest absolute Gasteiger partial charge is 0.276 e. The number of hydrogen-bond donors (Lipinski definition) is 1. The maximum absolute atomic E-state index is 13.0. The van der Waals surface area contributed by atoms with Gasteiger partial charge in [0, 0.05) is 37.1 Å². The van der Waals surface area contributed by atoms with Crippen molar-refractivity contribution in [2.45, 2.75) is 27.0 Å². The van der Waals surface area contributed by atoms with Crippen LogP contribution in [-0.2, 0) is 20.2 Å². The van der Waals surface area contributed by atoms with Crippen molar-refractivity contribution in [3.05, 3.63) is 82.8 Å². The SMILES string of the molecule is CC(C)Cn1nc(C(=O)Nc2ccc(OCc3nccn3C)cc2)c2ccccc2c1=O. The Morgan fingerprint density at radius 2 is 1.81 bits per heavy atom. The summed E-state index contributed by atoms with van der Waals surface area (Å²) in [7, 11) is 1.91. The number of aryl methyl sites for hydroxylation is 1. The van der Waals surface area contributed by atoms with E-state index < -0.39 is 0 Å². The monoisotopic (exact) mass is 431 g/mol. The van der Waals surface area contributed by atoms with Crippen molar-refractivity contribution in [1.82, 2.24) is 19.3 Å². The van der Waals surface area contributed by atoms with E-state index in [0.717, 1.165) is 5.82 Å². The zero-order valence-electron chi connectivity index (χ0n) is 18.3. The number of nitrogens with one attached hydrogen (secondary N) is 1. The molecule has 164 valence electrons. The van der Waals surface area contributed by atoms with E-state index in [0.29, 0.717) is 35.4 Å². The van der Waals surface area contributed by atoms with E-state index in [-0.39, 0.29) is 23.1 Å². The fourth-order valence-electron chi connectivity index (χ4n) is 3.38. The van der Waals surface area contributed by atoms with Crippen LogP contribution in [0.5, 0.6) is 5.75 Å². The standard InChI is InChI=1S/C24H25N5O3/c1-16(2)14-29-24(31)20-7-5-4-6-19(20)22(27-29)23(30)26-17-8-10-18(11-9-17)32-15-21-25-12-13-28(21)3/h4-13,16H,14-15H2,1-3H3,(H,26,30). The van der Waals surface area contributed by atoms with Crippen LogP contribution in [0.3, 0.4) is 0 Å². The molecule has 0 bridgehead atoms. The normalized spacial score (nSPS) is 11.1. The number of fused-ring (bicyclic) bond motifs is 1. The van der Waals surface area contributed by atoms with Gasteiger partial charge in [0.1, 0.15) is 18.2 Å². The first kappa shape index (κ1) is 21.3. The molecule has 2 heterocycles. The van der Waals surface area contributed by atoms with Crippen molar-refractivity contribution in [3.63, 3.8) is 0 Å². The molecule has 2 aromatic carbocycles. The number of nitrogens with zero attached hydrogens (tertiary/aromatic N) is 4. The van der Waals surface area contributed by atoms with Crippen LogP contribution in [0.15, 0.2) is 65.7 Å². The first-order chi connectivity index (χ1) is 15.4. The van der Waals surface area contributed by atoms with Crippen molar-refractivity contribution in [1.29, 1.82) is 0 Å². The second-order valence-electron chi connectivity index (χ2n) is 8.00. The Bertz CT molecular complexity index is 1310. The lowest BCUT2D eigenvalue weighted by Gasteiger charge is -2.13. The van der Waals surface area contributed by atoms with Gasteiger partial charge in [-0.15, -0.1) is 0 Å². The Morgan fingerprint density at radius 1 is 1.09 bits per heavy atom.